The fraction of sp³-hybridized carbons (Fsp3) is 0. The number of benzene rings is 4. The van der Waals surface area contributed by atoms with E-state index in [0.717, 1.165) is 0 Å². The summed E-state index contributed by atoms with van der Waals surface area (Å²) in [4.78, 5) is 0. The average Bonchev–Trinajstić information content (AvgIpc) is 2.78. The van der Waals surface area contributed by atoms with Crippen molar-refractivity contribution in [2.75, 3.05) is 0 Å². The van der Waals surface area contributed by atoms with Gasteiger partial charge in [-0.15, -0.1) is 0 Å². The molecule has 0 aliphatic carbocycles. The molecule has 0 aliphatic heterocycles. The van der Waals surface area contributed by atoms with Crippen LogP contribution in [0, 0.1) is 0 Å². The van der Waals surface area contributed by atoms with Crippen LogP contribution in [-0.4, -0.2) is 13.8 Å². The summed E-state index contributed by atoms with van der Waals surface area (Å²) in [6, 6.07) is 34.3. The number of rotatable bonds is 0. The molecule has 28 heavy (non-hydrogen) atoms. The van der Waals surface area contributed by atoms with Crippen molar-refractivity contribution in [1.29, 1.82) is 0 Å². The molecule has 128 valence electrons. The van der Waals surface area contributed by atoms with Gasteiger partial charge in [-0.05, 0) is 0 Å². The van der Waals surface area contributed by atoms with Crippen molar-refractivity contribution in [3.05, 3.63) is 109 Å². The molecule has 4 aromatic carbocycles. The molecule has 0 bridgehead atoms. The topological polar surface area (TPSA) is 0 Å². The molecule has 2 heteroatoms. The van der Waals surface area contributed by atoms with Crippen LogP contribution < -0.4 is 0 Å². The van der Waals surface area contributed by atoms with Gasteiger partial charge in [-0.3, -0.25) is 0 Å². The predicted octanol–water partition coefficient (Wildman–Crippen LogP) is 6.66. The summed E-state index contributed by atoms with van der Waals surface area (Å²) in [5, 5.41) is 10.5. The monoisotopic (exact) mass is 352 g/mol. The van der Waals surface area contributed by atoms with Crippen molar-refractivity contribution in [2.45, 2.75) is 0 Å². The molecule has 0 aliphatic rings. The van der Waals surface area contributed by atoms with Gasteiger partial charge in [-0.2, -0.15) is 0 Å². The van der Waals surface area contributed by atoms with Gasteiger partial charge in [0, 0.05) is 0 Å². The normalized spacial score (nSPS) is 10.6. The standard InChI is InChI=1S/2C13H9B/c1-2-5-11-10(4-1)7-8-13-12(11)6-3-9-14-13;1-2-5-11-9-13-12(6-3-7-14-13)8-10(11)4-1/h2*1-9H. The molecule has 2 heterocycles. The minimum atomic E-state index is 1.31. The van der Waals surface area contributed by atoms with Crippen molar-refractivity contribution >= 4 is 56.7 Å². The zero-order chi connectivity index (χ0) is 18.8. The molecule has 0 fully saturated rings. The Morgan fingerprint density at radius 2 is 1.00 bits per heavy atom. The fourth-order valence-corrected chi connectivity index (χ4v) is 3.84. The van der Waals surface area contributed by atoms with Crippen LogP contribution in [0.5, 0.6) is 0 Å². The van der Waals surface area contributed by atoms with Crippen molar-refractivity contribution in [3.8, 4) is 0 Å². The predicted molar refractivity (Wildman–Crippen MR) is 126 cm³/mol. The van der Waals surface area contributed by atoms with E-state index in [1.165, 1.54) is 42.9 Å². The van der Waals surface area contributed by atoms with E-state index in [4.69, 9.17) is 0 Å². The van der Waals surface area contributed by atoms with Crippen LogP contribution in [0.3, 0.4) is 0 Å². The number of hydrogen-bond acceptors (Lipinski definition) is 0. The molecule has 0 radical (unpaired) electrons. The van der Waals surface area contributed by atoms with Gasteiger partial charge in [0.2, 0.25) is 0 Å². The third-order valence-electron chi connectivity index (χ3n) is 5.27. The first-order valence-electron chi connectivity index (χ1n) is 9.62. The van der Waals surface area contributed by atoms with E-state index in [1.807, 2.05) is 0 Å². The van der Waals surface area contributed by atoms with Gasteiger partial charge in [-0.1, -0.05) is 0 Å². The van der Waals surface area contributed by atoms with Crippen LogP contribution in [0.1, 0.15) is 0 Å². The Balaban J connectivity index is 0.000000122. The van der Waals surface area contributed by atoms with E-state index in [-0.39, 0.29) is 0 Å². The van der Waals surface area contributed by atoms with E-state index in [1.54, 1.807) is 0 Å². The fourth-order valence-electron chi connectivity index (χ4n) is 3.84. The van der Waals surface area contributed by atoms with Crippen molar-refractivity contribution < 1.29 is 0 Å². The molecular weight excluding hydrogens is 334 g/mol. The van der Waals surface area contributed by atoms with Gasteiger partial charge in [0.05, 0.1) is 0 Å². The van der Waals surface area contributed by atoms with Crippen molar-refractivity contribution in [1.82, 2.24) is 0 Å². The first-order chi connectivity index (χ1) is 13.9. The molecule has 6 rings (SSSR count). The number of hydrogen-bond donors (Lipinski definition) is 0. The second kappa shape index (κ2) is 7.40. The Bertz CT molecular complexity index is 1240. The van der Waals surface area contributed by atoms with E-state index in [2.05, 4.69) is 123 Å². The average molecular weight is 352 g/mol. The zero-order valence-corrected chi connectivity index (χ0v) is 15.5. The van der Waals surface area contributed by atoms with Gasteiger partial charge in [0.25, 0.3) is 0 Å². The summed E-state index contributed by atoms with van der Waals surface area (Å²) in [7, 11) is 0. The van der Waals surface area contributed by atoms with Crippen LogP contribution in [0.25, 0.3) is 42.9 Å². The Morgan fingerprint density at radius 1 is 0.393 bits per heavy atom. The van der Waals surface area contributed by atoms with Crippen LogP contribution >= 0.6 is 0 Å². The first-order valence-corrected chi connectivity index (χ1v) is 9.62. The quantitative estimate of drug-likeness (QED) is 0.212. The first kappa shape index (κ1) is 16.9. The number of fused-ring (bicyclic) bond motifs is 5. The third-order valence-corrected chi connectivity index (χ3v) is 5.27. The molecule has 0 saturated heterocycles. The molecule has 0 spiro atoms. The van der Waals surface area contributed by atoms with E-state index in [0.29, 0.717) is 0 Å². The van der Waals surface area contributed by atoms with E-state index < -0.39 is 0 Å². The molecule has 2 aromatic heterocycles. The van der Waals surface area contributed by atoms with Crippen LogP contribution in [0.2, 0.25) is 0 Å². The van der Waals surface area contributed by atoms with E-state index >= 15 is 0 Å². The third kappa shape index (κ3) is 3.23. The van der Waals surface area contributed by atoms with E-state index in [9.17, 15) is 0 Å². The summed E-state index contributed by atoms with van der Waals surface area (Å²) in [6.45, 7) is 4.31. The van der Waals surface area contributed by atoms with Gasteiger partial charge in [-0.25, -0.2) is 0 Å². The molecule has 0 N–H and O–H groups in total. The maximum absolute atomic E-state index is 2.24. The molecule has 6 aromatic rings. The van der Waals surface area contributed by atoms with Crippen molar-refractivity contribution in [3.63, 3.8) is 0 Å². The molecule has 0 nitrogen and oxygen atoms in total. The second-order valence-electron chi connectivity index (χ2n) is 7.05. The summed E-state index contributed by atoms with van der Waals surface area (Å²) in [5.41, 5.74) is 0. The Kier molecular flexibility index (Phi) is 4.47. The Labute approximate surface area is 165 Å². The zero-order valence-electron chi connectivity index (χ0n) is 15.5. The maximum atomic E-state index is 2.24. The second-order valence-corrected chi connectivity index (χ2v) is 7.05. The summed E-state index contributed by atoms with van der Waals surface area (Å²) in [5.74, 6) is 4.16. The SMILES string of the molecule is b1cccc2c1ccc1ccccc12.b1cccc2cc3ccccc3cc12. The Morgan fingerprint density at radius 3 is 1.86 bits per heavy atom. The molecule has 0 saturated carbocycles. The van der Waals surface area contributed by atoms with Gasteiger partial charge in [0.15, 0.2) is 0 Å². The molecular formula is C26H18B2. The summed E-state index contributed by atoms with van der Waals surface area (Å²) >= 11 is 0. The summed E-state index contributed by atoms with van der Waals surface area (Å²) < 4.78 is 0. The molecule has 0 amide bonds. The molecule has 0 unspecified atom stereocenters. The minimum absolute atomic E-state index is 1.31. The van der Waals surface area contributed by atoms with Gasteiger partial charge >= 0.3 is 166 Å². The Hall–Kier alpha value is -3.25. The molecule has 0 atom stereocenters. The summed E-state index contributed by atoms with van der Waals surface area (Å²) in [6.07, 6.45) is 0. The van der Waals surface area contributed by atoms with Crippen LogP contribution in [0.15, 0.2) is 109 Å². The van der Waals surface area contributed by atoms with Gasteiger partial charge in [0.1, 0.15) is 0 Å². The van der Waals surface area contributed by atoms with Gasteiger partial charge < -0.3 is 0 Å². The van der Waals surface area contributed by atoms with Crippen molar-refractivity contribution in [2.24, 2.45) is 0 Å². The van der Waals surface area contributed by atoms with Crippen LogP contribution in [-0.2, 0) is 0 Å². The van der Waals surface area contributed by atoms with Crippen LogP contribution in [0.4, 0.5) is 0 Å².